The van der Waals surface area contributed by atoms with Crippen LogP contribution < -0.4 is 4.74 Å². The van der Waals surface area contributed by atoms with Crippen molar-refractivity contribution in [2.45, 2.75) is 26.1 Å². The number of hydrogen-bond donors (Lipinski definition) is 0. The molecule has 1 aliphatic rings. The molecule has 1 aromatic heterocycles. The van der Waals surface area contributed by atoms with E-state index in [1.807, 2.05) is 31.2 Å². The summed E-state index contributed by atoms with van der Waals surface area (Å²) in [7, 11) is 3.22. The third kappa shape index (κ3) is 4.51. The normalized spacial score (nSPS) is 17.5. The molecule has 2 aromatic rings. The van der Waals surface area contributed by atoms with Gasteiger partial charge in [-0.3, -0.25) is 14.3 Å². The summed E-state index contributed by atoms with van der Waals surface area (Å²) in [5.41, 5.74) is 1.47. The lowest BCUT2D eigenvalue weighted by molar-refractivity contribution is -0.132. The van der Waals surface area contributed by atoms with E-state index in [9.17, 15) is 9.59 Å². The van der Waals surface area contributed by atoms with Crippen molar-refractivity contribution in [3.8, 4) is 5.75 Å². The van der Waals surface area contributed by atoms with Gasteiger partial charge in [0.05, 0.1) is 25.0 Å². The molecule has 0 saturated carbocycles. The standard InChI is InChI=1S/C20H26N4O4/c1-4-24-11-16(9-21-24)20(26)23-13-18(28-3)12-22(19(25)14-23)10-15-5-7-17(27-2)8-6-15/h5-9,11,18H,4,10,12-14H2,1-3H3/t18-/m1/s1. The Morgan fingerprint density at radius 1 is 1.21 bits per heavy atom. The Balaban J connectivity index is 1.73. The number of aryl methyl sites for hydroxylation is 1. The molecule has 1 aromatic carbocycles. The molecule has 1 atom stereocenters. The molecule has 0 unspecified atom stereocenters. The SMILES string of the molecule is CCn1cc(C(=O)N2CC(=O)N(Cc3ccc(OC)cc3)C[C@@H](OC)C2)cn1. The van der Waals surface area contributed by atoms with Crippen LogP contribution in [0.4, 0.5) is 0 Å². The van der Waals surface area contributed by atoms with Crippen LogP contribution in [0.25, 0.3) is 0 Å². The van der Waals surface area contributed by atoms with Crippen LogP contribution in [0.5, 0.6) is 5.75 Å². The molecule has 0 spiro atoms. The number of aromatic nitrogens is 2. The number of nitrogens with zero attached hydrogens (tertiary/aromatic N) is 4. The largest absolute Gasteiger partial charge is 0.497 e. The molecule has 1 saturated heterocycles. The average molecular weight is 386 g/mol. The lowest BCUT2D eigenvalue weighted by Crippen LogP contribution is -2.39. The number of ether oxygens (including phenoxy) is 2. The average Bonchev–Trinajstić information content (AvgIpc) is 3.14. The topological polar surface area (TPSA) is 76.9 Å². The van der Waals surface area contributed by atoms with Gasteiger partial charge in [-0.25, -0.2) is 0 Å². The number of carbonyl (C=O) groups is 2. The molecule has 0 N–H and O–H groups in total. The Bertz CT molecular complexity index is 818. The van der Waals surface area contributed by atoms with Gasteiger partial charge in [0.2, 0.25) is 5.91 Å². The van der Waals surface area contributed by atoms with E-state index in [1.165, 1.54) is 6.20 Å². The Hall–Kier alpha value is -2.87. The van der Waals surface area contributed by atoms with Crippen LogP contribution >= 0.6 is 0 Å². The maximum atomic E-state index is 12.9. The summed E-state index contributed by atoms with van der Waals surface area (Å²) in [6.07, 6.45) is 2.99. The van der Waals surface area contributed by atoms with E-state index in [4.69, 9.17) is 9.47 Å². The highest BCUT2D eigenvalue weighted by Gasteiger charge is 2.31. The van der Waals surface area contributed by atoms with Gasteiger partial charge >= 0.3 is 0 Å². The van der Waals surface area contributed by atoms with Crippen LogP contribution in [0.2, 0.25) is 0 Å². The predicted molar refractivity (Wildman–Crippen MR) is 103 cm³/mol. The Kier molecular flexibility index (Phi) is 6.30. The first-order chi connectivity index (χ1) is 13.5. The van der Waals surface area contributed by atoms with Crippen LogP contribution in [0.3, 0.4) is 0 Å². The number of benzene rings is 1. The third-order valence-corrected chi connectivity index (χ3v) is 4.88. The first-order valence-electron chi connectivity index (χ1n) is 9.29. The summed E-state index contributed by atoms with van der Waals surface area (Å²) in [5.74, 6) is 0.457. The van der Waals surface area contributed by atoms with E-state index in [1.54, 1.807) is 34.9 Å². The van der Waals surface area contributed by atoms with Crippen molar-refractivity contribution in [3.05, 3.63) is 47.8 Å². The molecule has 150 valence electrons. The fourth-order valence-corrected chi connectivity index (χ4v) is 3.22. The summed E-state index contributed by atoms with van der Waals surface area (Å²) >= 11 is 0. The number of rotatable bonds is 6. The van der Waals surface area contributed by atoms with Crippen LogP contribution in [0.15, 0.2) is 36.7 Å². The molecule has 1 aliphatic heterocycles. The Labute approximate surface area is 164 Å². The highest BCUT2D eigenvalue weighted by atomic mass is 16.5. The van der Waals surface area contributed by atoms with Gasteiger partial charge in [0.1, 0.15) is 12.3 Å². The monoisotopic (exact) mass is 386 g/mol. The Morgan fingerprint density at radius 3 is 2.57 bits per heavy atom. The van der Waals surface area contributed by atoms with Crippen LogP contribution in [-0.2, 0) is 22.6 Å². The smallest absolute Gasteiger partial charge is 0.257 e. The third-order valence-electron chi connectivity index (χ3n) is 4.88. The van der Waals surface area contributed by atoms with Gasteiger partial charge in [0, 0.05) is 39.5 Å². The maximum Gasteiger partial charge on any atom is 0.257 e. The summed E-state index contributed by atoms with van der Waals surface area (Å²) in [6.45, 7) is 3.90. The van der Waals surface area contributed by atoms with E-state index < -0.39 is 0 Å². The van der Waals surface area contributed by atoms with E-state index in [-0.39, 0.29) is 24.5 Å². The Morgan fingerprint density at radius 2 is 1.96 bits per heavy atom. The summed E-state index contributed by atoms with van der Waals surface area (Å²) in [5, 5.41) is 4.15. The molecule has 2 heterocycles. The van der Waals surface area contributed by atoms with E-state index >= 15 is 0 Å². The van der Waals surface area contributed by atoms with Gasteiger partial charge in [0.15, 0.2) is 0 Å². The molecule has 8 heteroatoms. The number of hydrogen-bond acceptors (Lipinski definition) is 5. The lowest BCUT2D eigenvalue weighted by atomic mass is 10.2. The predicted octanol–water partition coefficient (Wildman–Crippen LogP) is 1.41. The van der Waals surface area contributed by atoms with E-state index in [2.05, 4.69) is 5.10 Å². The van der Waals surface area contributed by atoms with Crippen molar-refractivity contribution in [2.75, 3.05) is 33.9 Å². The quantitative estimate of drug-likeness (QED) is 0.750. The first kappa shape index (κ1) is 19.9. The molecule has 3 rings (SSSR count). The van der Waals surface area contributed by atoms with Crippen molar-refractivity contribution in [1.82, 2.24) is 19.6 Å². The first-order valence-corrected chi connectivity index (χ1v) is 9.29. The fraction of sp³-hybridized carbons (Fsp3) is 0.450. The summed E-state index contributed by atoms with van der Waals surface area (Å²) < 4.78 is 12.4. The second kappa shape index (κ2) is 8.88. The molecule has 0 radical (unpaired) electrons. The van der Waals surface area contributed by atoms with E-state index in [0.29, 0.717) is 31.7 Å². The van der Waals surface area contributed by atoms with Crippen molar-refractivity contribution in [3.63, 3.8) is 0 Å². The van der Waals surface area contributed by atoms with Crippen LogP contribution in [0, 0.1) is 0 Å². The highest BCUT2D eigenvalue weighted by molar-refractivity contribution is 5.96. The molecular formula is C20H26N4O4. The van der Waals surface area contributed by atoms with Crippen LogP contribution in [0.1, 0.15) is 22.8 Å². The maximum absolute atomic E-state index is 12.9. The van der Waals surface area contributed by atoms with Crippen molar-refractivity contribution < 1.29 is 19.1 Å². The van der Waals surface area contributed by atoms with Crippen molar-refractivity contribution in [2.24, 2.45) is 0 Å². The summed E-state index contributed by atoms with van der Waals surface area (Å²) in [4.78, 5) is 29.0. The molecule has 0 bridgehead atoms. The number of methoxy groups -OCH3 is 2. The van der Waals surface area contributed by atoms with Crippen molar-refractivity contribution in [1.29, 1.82) is 0 Å². The lowest BCUT2D eigenvalue weighted by Gasteiger charge is -2.23. The second-order valence-electron chi connectivity index (χ2n) is 6.75. The molecule has 8 nitrogen and oxygen atoms in total. The van der Waals surface area contributed by atoms with Gasteiger partial charge in [-0.15, -0.1) is 0 Å². The van der Waals surface area contributed by atoms with Crippen molar-refractivity contribution >= 4 is 11.8 Å². The van der Waals surface area contributed by atoms with Gasteiger partial charge in [-0.05, 0) is 24.6 Å². The van der Waals surface area contributed by atoms with Crippen LogP contribution in [-0.4, -0.2) is 71.4 Å². The van der Waals surface area contributed by atoms with E-state index in [0.717, 1.165) is 11.3 Å². The molecule has 28 heavy (non-hydrogen) atoms. The molecule has 0 aliphatic carbocycles. The zero-order chi connectivity index (χ0) is 20.1. The number of carbonyl (C=O) groups excluding carboxylic acids is 2. The summed E-state index contributed by atoms with van der Waals surface area (Å²) in [6, 6.07) is 7.60. The van der Waals surface area contributed by atoms with Gasteiger partial charge in [-0.1, -0.05) is 12.1 Å². The zero-order valence-corrected chi connectivity index (χ0v) is 16.5. The molecular weight excluding hydrogens is 360 g/mol. The molecule has 2 amide bonds. The van der Waals surface area contributed by atoms with Gasteiger partial charge in [-0.2, -0.15) is 5.10 Å². The minimum Gasteiger partial charge on any atom is -0.497 e. The minimum absolute atomic E-state index is 0.0200. The zero-order valence-electron chi connectivity index (χ0n) is 16.5. The number of amides is 2. The second-order valence-corrected chi connectivity index (χ2v) is 6.75. The highest BCUT2D eigenvalue weighted by Crippen LogP contribution is 2.17. The van der Waals surface area contributed by atoms with Gasteiger partial charge in [0.25, 0.3) is 5.91 Å². The minimum atomic E-state index is -0.255. The fourth-order valence-electron chi connectivity index (χ4n) is 3.22. The van der Waals surface area contributed by atoms with Gasteiger partial charge < -0.3 is 19.3 Å². The molecule has 1 fully saturated rings.